The third-order valence-electron chi connectivity index (χ3n) is 2.71. The van der Waals surface area contributed by atoms with Gasteiger partial charge in [-0.1, -0.05) is 45.7 Å². The Hall–Kier alpha value is -1.91. The molecular formula is C16H10BrClO3. The van der Waals surface area contributed by atoms with E-state index in [1.54, 1.807) is 30.3 Å². The van der Waals surface area contributed by atoms with E-state index in [0.717, 1.165) is 5.56 Å². The van der Waals surface area contributed by atoms with Crippen molar-refractivity contribution in [3.63, 3.8) is 0 Å². The minimum absolute atomic E-state index is 0.0600. The fraction of sp³-hybridized carbons (Fsp3) is 0. The predicted molar refractivity (Wildman–Crippen MR) is 86.9 cm³/mol. The van der Waals surface area contributed by atoms with Crippen LogP contribution in [0.1, 0.15) is 15.9 Å². The number of rotatable bonds is 3. The van der Waals surface area contributed by atoms with Crippen LogP contribution in [0.15, 0.2) is 57.8 Å². The summed E-state index contributed by atoms with van der Waals surface area (Å²) in [6, 6.07) is 11.0. The van der Waals surface area contributed by atoms with Gasteiger partial charge in [0, 0.05) is 9.50 Å². The van der Waals surface area contributed by atoms with Crippen LogP contribution in [0.3, 0.4) is 0 Å². The first-order valence-corrected chi connectivity index (χ1v) is 7.15. The van der Waals surface area contributed by atoms with E-state index in [1.807, 2.05) is 0 Å². The second kappa shape index (κ2) is 6.70. The largest absolute Gasteiger partial charge is 0.504 e. The number of carbonyl (C=O) groups excluding carboxylic acids is 1. The van der Waals surface area contributed by atoms with Gasteiger partial charge in [0.15, 0.2) is 11.5 Å². The average molecular weight is 366 g/mol. The Balaban J connectivity index is 2.38. The summed E-state index contributed by atoms with van der Waals surface area (Å²) < 4.78 is 0.527. The summed E-state index contributed by atoms with van der Waals surface area (Å²) in [7, 11) is 0. The first-order chi connectivity index (χ1) is 9.97. The number of allylic oxidation sites excluding steroid dienone is 1. The Bertz CT molecular complexity index is 785. The maximum absolute atomic E-state index is 12.1. The van der Waals surface area contributed by atoms with Crippen LogP contribution in [0, 0.1) is 0 Å². The molecule has 0 aromatic heterocycles. The summed E-state index contributed by atoms with van der Waals surface area (Å²) in [5, 5.41) is 10.3. The standard InChI is InChI=1S/C16H10BrClO3/c17-11-5-7-15(20)16(21)13(9-11)14(19)6-4-10-2-1-3-12(18)8-10/h1-9H,(H,20,21). The second-order valence-corrected chi connectivity index (χ2v) is 5.59. The van der Waals surface area contributed by atoms with E-state index in [1.165, 1.54) is 24.3 Å². The van der Waals surface area contributed by atoms with E-state index in [4.69, 9.17) is 11.6 Å². The lowest BCUT2D eigenvalue weighted by atomic mass is 10.1. The third kappa shape index (κ3) is 4.03. The van der Waals surface area contributed by atoms with Gasteiger partial charge in [0.1, 0.15) is 0 Å². The quantitative estimate of drug-likeness (QED) is 0.659. The fourth-order valence-corrected chi connectivity index (χ4v) is 2.24. The number of carbonyl (C=O) groups is 1. The Morgan fingerprint density at radius 3 is 2.67 bits per heavy atom. The van der Waals surface area contributed by atoms with E-state index >= 15 is 0 Å². The molecule has 106 valence electrons. The number of benzene rings is 1. The number of hydrogen-bond donors (Lipinski definition) is 1. The monoisotopic (exact) mass is 364 g/mol. The van der Waals surface area contributed by atoms with Gasteiger partial charge in [-0.3, -0.25) is 9.59 Å². The van der Waals surface area contributed by atoms with Crippen molar-refractivity contribution in [1.82, 2.24) is 0 Å². The highest BCUT2D eigenvalue weighted by molar-refractivity contribution is 9.10. The minimum atomic E-state index is -0.611. The van der Waals surface area contributed by atoms with Crippen molar-refractivity contribution >= 4 is 39.4 Å². The lowest BCUT2D eigenvalue weighted by Gasteiger charge is -1.97. The molecular weight excluding hydrogens is 356 g/mol. The summed E-state index contributed by atoms with van der Waals surface area (Å²) in [4.78, 5) is 23.7. The Morgan fingerprint density at radius 1 is 1.19 bits per heavy atom. The van der Waals surface area contributed by atoms with E-state index in [2.05, 4.69) is 15.9 Å². The number of hydrogen-bond acceptors (Lipinski definition) is 3. The molecule has 0 radical (unpaired) electrons. The SMILES string of the molecule is O=C(C=Cc1cccc(Cl)c1)c1cc(Br)ccc(=O)c1O. The van der Waals surface area contributed by atoms with Gasteiger partial charge in [-0.2, -0.15) is 0 Å². The molecule has 0 fully saturated rings. The van der Waals surface area contributed by atoms with Gasteiger partial charge in [-0.25, -0.2) is 0 Å². The highest BCUT2D eigenvalue weighted by Gasteiger charge is 2.10. The highest BCUT2D eigenvalue weighted by atomic mass is 79.9. The average Bonchev–Trinajstić information content (AvgIpc) is 2.58. The maximum atomic E-state index is 12.1. The van der Waals surface area contributed by atoms with Gasteiger partial charge < -0.3 is 5.11 Å². The summed E-state index contributed by atoms with van der Waals surface area (Å²) >= 11 is 9.05. The molecule has 0 saturated heterocycles. The topological polar surface area (TPSA) is 54.4 Å². The molecule has 3 nitrogen and oxygen atoms in total. The van der Waals surface area contributed by atoms with Crippen LogP contribution in [0.5, 0.6) is 5.75 Å². The first kappa shape index (κ1) is 15.5. The molecule has 1 N–H and O–H groups in total. The van der Waals surface area contributed by atoms with E-state index in [-0.39, 0.29) is 5.56 Å². The van der Waals surface area contributed by atoms with Crippen molar-refractivity contribution in [3.05, 3.63) is 79.4 Å². The van der Waals surface area contributed by atoms with E-state index < -0.39 is 17.0 Å². The lowest BCUT2D eigenvalue weighted by molar-refractivity contribution is 0.104. The zero-order chi connectivity index (χ0) is 15.4. The second-order valence-electron chi connectivity index (χ2n) is 4.24. The predicted octanol–water partition coefficient (Wildman–Crippen LogP) is 4.06. The molecule has 0 amide bonds. The molecule has 2 aromatic rings. The van der Waals surface area contributed by atoms with Crippen molar-refractivity contribution in [2.24, 2.45) is 0 Å². The summed E-state index contributed by atoms with van der Waals surface area (Å²) in [6.45, 7) is 0. The first-order valence-electron chi connectivity index (χ1n) is 5.98. The highest BCUT2D eigenvalue weighted by Crippen LogP contribution is 2.18. The van der Waals surface area contributed by atoms with Crippen molar-refractivity contribution in [2.45, 2.75) is 0 Å². The molecule has 2 aromatic carbocycles. The van der Waals surface area contributed by atoms with Crippen molar-refractivity contribution < 1.29 is 9.90 Å². The van der Waals surface area contributed by atoms with E-state index in [9.17, 15) is 14.7 Å². The molecule has 0 spiro atoms. The Morgan fingerprint density at radius 2 is 1.95 bits per heavy atom. The zero-order valence-corrected chi connectivity index (χ0v) is 13.1. The van der Waals surface area contributed by atoms with Crippen molar-refractivity contribution in [3.8, 4) is 5.75 Å². The Labute approximate surface area is 134 Å². The van der Waals surface area contributed by atoms with Crippen LogP contribution in [0.4, 0.5) is 0 Å². The lowest BCUT2D eigenvalue weighted by Crippen LogP contribution is -2.01. The molecule has 5 heteroatoms. The maximum Gasteiger partial charge on any atom is 0.220 e. The Kier molecular flexibility index (Phi) is 4.94. The van der Waals surface area contributed by atoms with Gasteiger partial charge in [-0.15, -0.1) is 0 Å². The molecule has 0 bridgehead atoms. The van der Waals surface area contributed by atoms with Crippen LogP contribution in [-0.2, 0) is 0 Å². The molecule has 0 aliphatic heterocycles. The van der Waals surface area contributed by atoms with Crippen LogP contribution in [0.2, 0.25) is 5.02 Å². The normalized spacial score (nSPS) is 10.8. The summed E-state index contributed by atoms with van der Waals surface area (Å²) in [6.07, 6.45) is 2.85. The smallest absolute Gasteiger partial charge is 0.220 e. The van der Waals surface area contributed by atoms with Crippen LogP contribution >= 0.6 is 27.5 Å². The molecule has 0 unspecified atom stereocenters. The van der Waals surface area contributed by atoms with Crippen molar-refractivity contribution in [1.29, 1.82) is 0 Å². The van der Waals surface area contributed by atoms with Gasteiger partial charge in [0.2, 0.25) is 5.43 Å². The van der Waals surface area contributed by atoms with E-state index in [0.29, 0.717) is 9.50 Å². The third-order valence-corrected chi connectivity index (χ3v) is 3.43. The number of aromatic hydroxyl groups is 1. The molecule has 0 atom stereocenters. The van der Waals surface area contributed by atoms with Crippen molar-refractivity contribution in [2.75, 3.05) is 0 Å². The number of halogens is 2. The van der Waals surface area contributed by atoms with Crippen LogP contribution < -0.4 is 5.43 Å². The summed E-state index contributed by atoms with van der Waals surface area (Å²) in [5.74, 6) is -1.04. The van der Waals surface area contributed by atoms with Gasteiger partial charge in [0.25, 0.3) is 0 Å². The molecule has 0 heterocycles. The van der Waals surface area contributed by atoms with Crippen LogP contribution in [-0.4, -0.2) is 10.9 Å². The van der Waals surface area contributed by atoms with Gasteiger partial charge in [-0.05, 0) is 42.0 Å². The zero-order valence-electron chi connectivity index (χ0n) is 10.7. The van der Waals surface area contributed by atoms with Crippen LogP contribution in [0.25, 0.3) is 6.08 Å². The number of ketones is 1. The molecule has 2 rings (SSSR count). The fourth-order valence-electron chi connectivity index (χ4n) is 1.68. The molecule has 0 aliphatic carbocycles. The van der Waals surface area contributed by atoms with Gasteiger partial charge >= 0.3 is 0 Å². The molecule has 0 aliphatic rings. The summed E-state index contributed by atoms with van der Waals surface area (Å²) in [5.41, 5.74) is 0.0763. The minimum Gasteiger partial charge on any atom is -0.504 e. The molecule has 0 saturated carbocycles. The van der Waals surface area contributed by atoms with Gasteiger partial charge in [0.05, 0.1) is 5.56 Å². The molecule has 21 heavy (non-hydrogen) atoms.